The van der Waals surface area contributed by atoms with Gasteiger partial charge in [0.15, 0.2) is 0 Å². The molecule has 1 heterocycles. The van der Waals surface area contributed by atoms with Gasteiger partial charge < -0.3 is 4.98 Å². The van der Waals surface area contributed by atoms with Crippen LogP contribution in [0, 0.1) is 0 Å². The maximum absolute atomic E-state index is 4.80. The lowest BCUT2D eigenvalue weighted by Gasteiger charge is -2.19. The number of rotatable bonds is 4. The van der Waals surface area contributed by atoms with Gasteiger partial charge in [-0.25, -0.2) is 5.01 Å². The summed E-state index contributed by atoms with van der Waals surface area (Å²) >= 11 is 0. The van der Waals surface area contributed by atoms with E-state index in [2.05, 4.69) is 71.7 Å². The maximum atomic E-state index is 4.80. The van der Waals surface area contributed by atoms with Crippen LogP contribution in [0.2, 0.25) is 0 Å². The van der Waals surface area contributed by atoms with Crippen molar-refractivity contribution in [3.8, 4) is 0 Å². The molecule has 0 aliphatic rings. The summed E-state index contributed by atoms with van der Waals surface area (Å²) in [5.74, 6) is 0. The van der Waals surface area contributed by atoms with Crippen molar-refractivity contribution >= 4 is 39.4 Å². The van der Waals surface area contributed by atoms with Crippen molar-refractivity contribution in [2.75, 3.05) is 5.01 Å². The zero-order chi connectivity index (χ0) is 18.8. The number of aromatic amines is 1. The van der Waals surface area contributed by atoms with Crippen LogP contribution in [0.5, 0.6) is 0 Å². The normalized spacial score (nSPS) is 11.4. The molecular formula is C25H19N3. The number of benzene rings is 4. The first-order valence-corrected chi connectivity index (χ1v) is 9.33. The van der Waals surface area contributed by atoms with E-state index in [1.165, 1.54) is 10.8 Å². The summed E-state index contributed by atoms with van der Waals surface area (Å²) in [4.78, 5) is 3.47. The number of hydrogen-bond acceptors (Lipinski definition) is 2. The molecule has 0 amide bonds. The van der Waals surface area contributed by atoms with Gasteiger partial charge in [-0.1, -0.05) is 60.7 Å². The number of nitrogens with zero attached hydrogens (tertiary/aromatic N) is 2. The van der Waals surface area contributed by atoms with Crippen LogP contribution in [0.3, 0.4) is 0 Å². The van der Waals surface area contributed by atoms with Gasteiger partial charge >= 0.3 is 0 Å². The van der Waals surface area contributed by atoms with E-state index < -0.39 is 0 Å². The molecule has 0 bridgehead atoms. The molecule has 0 aliphatic heterocycles. The fraction of sp³-hybridized carbons (Fsp3) is 0. The molecule has 0 radical (unpaired) electrons. The highest BCUT2D eigenvalue weighted by molar-refractivity contribution is 6.08. The lowest BCUT2D eigenvalue weighted by molar-refractivity contribution is 1.09. The lowest BCUT2D eigenvalue weighted by Crippen LogP contribution is -2.09. The van der Waals surface area contributed by atoms with E-state index in [1.807, 2.05) is 47.6 Å². The third kappa shape index (κ3) is 3.03. The van der Waals surface area contributed by atoms with E-state index in [0.717, 1.165) is 28.0 Å². The summed E-state index contributed by atoms with van der Waals surface area (Å²) in [5.41, 5.74) is 5.41. The predicted octanol–water partition coefficient (Wildman–Crippen LogP) is 6.49. The fourth-order valence-electron chi connectivity index (χ4n) is 3.49. The van der Waals surface area contributed by atoms with Crippen LogP contribution in [-0.4, -0.2) is 11.2 Å². The molecule has 0 spiro atoms. The highest BCUT2D eigenvalue weighted by atomic mass is 15.5. The minimum Gasteiger partial charge on any atom is -0.355 e. The van der Waals surface area contributed by atoms with Crippen LogP contribution >= 0.6 is 0 Å². The minimum atomic E-state index is 1.03. The Balaban J connectivity index is 1.56. The van der Waals surface area contributed by atoms with Crippen molar-refractivity contribution in [3.63, 3.8) is 0 Å². The van der Waals surface area contributed by atoms with E-state index in [-0.39, 0.29) is 0 Å². The molecule has 28 heavy (non-hydrogen) atoms. The molecule has 5 rings (SSSR count). The summed E-state index contributed by atoms with van der Waals surface area (Å²) in [6, 6.07) is 35.2. The second-order valence-corrected chi connectivity index (χ2v) is 6.70. The highest BCUT2D eigenvalue weighted by Crippen LogP contribution is 2.27. The Kier molecular flexibility index (Phi) is 4.11. The molecule has 3 nitrogen and oxygen atoms in total. The number of nitrogens with one attached hydrogen (secondary N) is 1. The topological polar surface area (TPSA) is 31.4 Å². The van der Waals surface area contributed by atoms with Gasteiger partial charge in [-0.3, -0.25) is 0 Å². The second kappa shape index (κ2) is 7.05. The molecule has 0 unspecified atom stereocenters. The average Bonchev–Trinajstić information content (AvgIpc) is 3.13. The van der Waals surface area contributed by atoms with Gasteiger partial charge in [-0.05, 0) is 48.0 Å². The molecule has 0 saturated carbocycles. The largest absolute Gasteiger partial charge is 0.355 e. The number of hydrazone groups is 1. The number of aromatic nitrogens is 1. The van der Waals surface area contributed by atoms with Crippen LogP contribution in [0.1, 0.15) is 5.56 Å². The van der Waals surface area contributed by atoms with Gasteiger partial charge in [0.1, 0.15) is 0 Å². The Morgan fingerprint density at radius 3 is 1.93 bits per heavy atom. The molecule has 5 aromatic rings. The maximum Gasteiger partial charge on any atom is 0.0652 e. The quantitative estimate of drug-likeness (QED) is 0.288. The van der Waals surface area contributed by atoms with Gasteiger partial charge in [0, 0.05) is 21.8 Å². The standard InChI is InChI=1S/C25H19N3/c1-3-9-20(10-4-1)28(21-11-5-2-6-12-21)26-18-19-15-16-25-23(17-19)22-13-7-8-14-24(22)27-25/h1-18,27H/b26-18+. The monoisotopic (exact) mass is 361 g/mol. The van der Waals surface area contributed by atoms with Gasteiger partial charge in [-0.15, -0.1) is 0 Å². The highest BCUT2D eigenvalue weighted by Gasteiger charge is 2.07. The van der Waals surface area contributed by atoms with E-state index in [0.29, 0.717) is 0 Å². The molecule has 1 aromatic heterocycles. The van der Waals surface area contributed by atoms with Crippen LogP contribution in [0.4, 0.5) is 11.4 Å². The van der Waals surface area contributed by atoms with Crippen molar-refractivity contribution in [1.29, 1.82) is 0 Å². The molecule has 0 atom stereocenters. The molecule has 4 aromatic carbocycles. The van der Waals surface area contributed by atoms with E-state index in [4.69, 9.17) is 5.10 Å². The summed E-state index contributed by atoms with van der Waals surface area (Å²) in [7, 11) is 0. The smallest absolute Gasteiger partial charge is 0.0652 e. The number of para-hydroxylation sites is 3. The van der Waals surface area contributed by atoms with Crippen molar-refractivity contribution < 1.29 is 0 Å². The van der Waals surface area contributed by atoms with Gasteiger partial charge in [0.25, 0.3) is 0 Å². The second-order valence-electron chi connectivity index (χ2n) is 6.70. The van der Waals surface area contributed by atoms with Crippen molar-refractivity contribution in [2.45, 2.75) is 0 Å². The van der Waals surface area contributed by atoms with E-state index >= 15 is 0 Å². The van der Waals surface area contributed by atoms with Gasteiger partial charge in [0.05, 0.1) is 17.6 Å². The summed E-state index contributed by atoms with van der Waals surface area (Å²) < 4.78 is 0. The number of H-pyrrole nitrogens is 1. The Bertz CT molecular complexity index is 1210. The third-order valence-corrected chi connectivity index (χ3v) is 4.85. The van der Waals surface area contributed by atoms with Crippen molar-refractivity contribution in [1.82, 2.24) is 4.98 Å². The molecule has 1 N–H and O–H groups in total. The van der Waals surface area contributed by atoms with Crippen molar-refractivity contribution in [2.24, 2.45) is 5.10 Å². The lowest BCUT2D eigenvalue weighted by atomic mass is 10.1. The molecule has 3 heteroatoms. The minimum absolute atomic E-state index is 1.03. The Labute approximate surface area is 163 Å². The summed E-state index contributed by atoms with van der Waals surface area (Å²) in [6.45, 7) is 0. The van der Waals surface area contributed by atoms with E-state index in [9.17, 15) is 0 Å². The van der Waals surface area contributed by atoms with Gasteiger partial charge in [-0.2, -0.15) is 5.10 Å². The van der Waals surface area contributed by atoms with Crippen LogP contribution in [0.25, 0.3) is 21.8 Å². The van der Waals surface area contributed by atoms with E-state index in [1.54, 1.807) is 0 Å². The van der Waals surface area contributed by atoms with Gasteiger partial charge in [0.2, 0.25) is 0 Å². The van der Waals surface area contributed by atoms with Crippen LogP contribution in [0.15, 0.2) is 108 Å². The SMILES string of the molecule is C(=N\N(c1ccccc1)c1ccccc1)/c1ccc2[nH]c3ccccc3c2c1. The first kappa shape index (κ1) is 16.3. The average molecular weight is 361 g/mol. The zero-order valence-electron chi connectivity index (χ0n) is 15.3. The number of hydrogen-bond donors (Lipinski definition) is 1. The Morgan fingerprint density at radius 2 is 1.21 bits per heavy atom. The van der Waals surface area contributed by atoms with Crippen LogP contribution in [-0.2, 0) is 0 Å². The first-order chi connectivity index (χ1) is 13.9. The third-order valence-electron chi connectivity index (χ3n) is 4.85. The van der Waals surface area contributed by atoms with Crippen molar-refractivity contribution in [3.05, 3.63) is 109 Å². The summed E-state index contributed by atoms with van der Waals surface area (Å²) in [6.07, 6.45) is 1.92. The zero-order valence-corrected chi connectivity index (χ0v) is 15.3. The Hall–Kier alpha value is -3.85. The first-order valence-electron chi connectivity index (χ1n) is 9.33. The fourth-order valence-corrected chi connectivity index (χ4v) is 3.49. The molecule has 0 aliphatic carbocycles. The number of anilines is 2. The molecule has 134 valence electrons. The summed E-state index contributed by atoms with van der Waals surface area (Å²) in [5, 5.41) is 9.21. The van der Waals surface area contributed by atoms with Crippen LogP contribution < -0.4 is 5.01 Å². The molecule has 0 saturated heterocycles. The Morgan fingerprint density at radius 1 is 0.607 bits per heavy atom. The number of fused-ring (bicyclic) bond motifs is 3. The molecular weight excluding hydrogens is 342 g/mol. The molecule has 0 fully saturated rings. The predicted molar refractivity (Wildman–Crippen MR) is 118 cm³/mol.